The Labute approximate surface area is 306 Å². The maximum Gasteiger partial charge on any atom is 0.354 e. The molecule has 4 rings (SSSR count). The molecule has 0 unspecified atom stereocenters. The molecule has 8 N–H and O–H groups in total. The second-order valence-electron chi connectivity index (χ2n) is 16.7. The zero-order valence-electron chi connectivity index (χ0n) is 33.3. The molecule has 0 spiro atoms. The largest absolute Gasteiger partial charge is 0.370 e. The molecule has 9 heteroatoms. The van der Waals surface area contributed by atoms with Crippen molar-refractivity contribution >= 4 is 17.0 Å². The highest BCUT2D eigenvalue weighted by Gasteiger charge is 2.20. The van der Waals surface area contributed by atoms with E-state index in [-0.39, 0.29) is 28.5 Å². The number of rotatable bonds is 13. The maximum atomic E-state index is 12.6. The number of benzene rings is 2. The van der Waals surface area contributed by atoms with Gasteiger partial charge in [0.1, 0.15) is 5.65 Å². The highest BCUT2D eigenvalue weighted by atomic mass is 16.1. The van der Waals surface area contributed by atoms with E-state index in [0.29, 0.717) is 24.2 Å². The molecule has 2 heterocycles. The van der Waals surface area contributed by atoms with Gasteiger partial charge in [-0.2, -0.15) is 4.98 Å². The number of fused-ring (bicyclic) bond motifs is 1. The first-order valence-electron chi connectivity index (χ1n) is 18.7. The zero-order valence-corrected chi connectivity index (χ0v) is 33.3. The minimum atomic E-state index is -0.302. The van der Waals surface area contributed by atoms with E-state index < -0.39 is 0 Å². The lowest BCUT2D eigenvalue weighted by atomic mass is 9.80. The molecule has 51 heavy (non-hydrogen) atoms. The van der Waals surface area contributed by atoms with Gasteiger partial charge in [-0.3, -0.25) is 9.56 Å². The van der Waals surface area contributed by atoms with Crippen LogP contribution in [0.5, 0.6) is 0 Å². The molecule has 0 saturated carbocycles. The summed E-state index contributed by atoms with van der Waals surface area (Å²) < 4.78 is 1.58. The van der Waals surface area contributed by atoms with Crippen LogP contribution in [0, 0.1) is 12.8 Å². The van der Waals surface area contributed by atoms with Crippen LogP contribution in [0.3, 0.4) is 0 Å². The van der Waals surface area contributed by atoms with Gasteiger partial charge >= 0.3 is 5.69 Å². The van der Waals surface area contributed by atoms with Gasteiger partial charge in [-0.05, 0) is 117 Å². The van der Waals surface area contributed by atoms with Crippen LogP contribution in [-0.4, -0.2) is 39.6 Å². The molecule has 2 atom stereocenters. The number of nitrogens with zero attached hydrogens (tertiary/aromatic N) is 3. The van der Waals surface area contributed by atoms with Gasteiger partial charge in [-0.15, -0.1) is 0 Å². The molecule has 0 fully saturated rings. The number of hydrogen-bond acceptors (Lipinski definition) is 5. The fourth-order valence-electron chi connectivity index (χ4n) is 6.27. The third kappa shape index (κ3) is 12.6. The monoisotopic (exact) mass is 699 g/mol. The second-order valence-corrected chi connectivity index (χ2v) is 16.7. The van der Waals surface area contributed by atoms with Crippen molar-refractivity contribution in [2.75, 3.05) is 13.1 Å². The van der Waals surface area contributed by atoms with E-state index in [1.807, 2.05) is 30.5 Å². The summed E-state index contributed by atoms with van der Waals surface area (Å²) in [4.78, 5) is 24.0. The molecule has 0 bridgehead atoms. The molecule has 0 saturated heterocycles. The Bertz CT molecular complexity index is 1780. The fourth-order valence-corrected chi connectivity index (χ4v) is 6.27. The molecule has 0 aliphatic heterocycles. The fraction of sp³-hybridized carbons (Fsp3) is 0.548. The first kappa shape index (κ1) is 41.5. The number of H-pyrrole nitrogens is 1. The Kier molecular flexibility index (Phi) is 14.6. The van der Waals surface area contributed by atoms with Crippen molar-refractivity contribution in [3.8, 4) is 5.69 Å². The summed E-state index contributed by atoms with van der Waals surface area (Å²) >= 11 is 0. The van der Waals surface area contributed by atoms with E-state index in [2.05, 4.69) is 115 Å². The van der Waals surface area contributed by atoms with Gasteiger partial charge < -0.3 is 27.5 Å². The van der Waals surface area contributed by atoms with Crippen molar-refractivity contribution in [2.24, 2.45) is 28.1 Å². The summed E-state index contributed by atoms with van der Waals surface area (Å²) in [5.74, 6) is 0.826. The molecule has 4 aromatic rings. The van der Waals surface area contributed by atoms with Gasteiger partial charge in [0, 0.05) is 41.3 Å². The lowest BCUT2D eigenvalue weighted by Gasteiger charge is -2.25. The average Bonchev–Trinajstić information content (AvgIpc) is 3.45. The van der Waals surface area contributed by atoms with E-state index in [1.54, 1.807) is 4.57 Å². The molecule has 0 aliphatic carbocycles. The molecule has 9 nitrogen and oxygen atoms in total. The number of guanidine groups is 1. The Morgan fingerprint density at radius 1 is 0.961 bits per heavy atom. The van der Waals surface area contributed by atoms with Crippen LogP contribution in [0.4, 0.5) is 0 Å². The number of nitrogens with two attached hydrogens (primary N) is 3. The predicted octanol–water partition coefficient (Wildman–Crippen LogP) is 7.49. The van der Waals surface area contributed by atoms with Crippen molar-refractivity contribution < 1.29 is 0 Å². The van der Waals surface area contributed by atoms with E-state index in [1.165, 1.54) is 35.1 Å². The number of nitrogens with one attached hydrogen (secondary N) is 2. The normalized spacial score (nSPS) is 13.2. The Morgan fingerprint density at radius 3 is 2.20 bits per heavy atom. The molecule has 280 valence electrons. The highest BCUT2D eigenvalue weighted by molar-refractivity contribution is 5.76. The quantitative estimate of drug-likeness (QED) is 0.0554. The van der Waals surface area contributed by atoms with Gasteiger partial charge in [-0.25, -0.2) is 4.79 Å². The van der Waals surface area contributed by atoms with Crippen LogP contribution < -0.4 is 28.2 Å². The standard InChI is InChI=1S/C22H31N7O.C20H35N/c1-14(25-10-5-11-26-20(23)24)15-6-8-17(9-7-15)29-13-16-12-18(22(2,3)4)27-19(16)28-21(29)30;1-14(2)11-18-12-17(10-8-9-15(3)21)13-19(16(18)4)20(5,6)7/h6-9,12-14,25H,5,10-11H2,1-4H3,(H4,23,24,26)(H,27,28,30);12-15H,8-11,21H2,1-7H3/t14-;15-/m00/s1. The summed E-state index contributed by atoms with van der Waals surface area (Å²) in [6.45, 7) is 25.8. The van der Waals surface area contributed by atoms with Crippen LogP contribution in [0.2, 0.25) is 0 Å². The summed E-state index contributed by atoms with van der Waals surface area (Å²) in [7, 11) is 0. The van der Waals surface area contributed by atoms with Crippen molar-refractivity contribution in [1.29, 1.82) is 0 Å². The number of hydrogen-bond donors (Lipinski definition) is 5. The van der Waals surface area contributed by atoms with Crippen LogP contribution in [0.15, 0.2) is 58.4 Å². The van der Waals surface area contributed by atoms with Crippen molar-refractivity contribution in [3.05, 3.63) is 92.7 Å². The Balaban J connectivity index is 0.000000295. The van der Waals surface area contributed by atoms with Gasteiger partial charge in [-0.1, -0.05) is 79.7 Å². The van der Waals surface area contributed by atoms with Crippen molar-refractivity contribution in [2.45, 2.75) is 131 Å². The highest BCUT2D eigenvalue weighted by Crippen LogP contribution is 2.31. The first-order chi connectivity index (χ1) is 23.8. The zero-order chi connectivity index (χ0) is 38.1. The molecule has 0 amide bonds. The SMILES string of the molecule is C[C@H](NCCCN=C(N)N)c1ccc(-n2cc3cc(C(C)(C)C)[nH]c3nc2=O)cc1.Cc1c(CC(C)C)cc(CCC[C@H](C)N)cc1C(C)(C)C. The third-order valence-electron chi connectivity index (χ3n) is 9.20. The minimum Gasteiger partial charge on any atom is -0.370 e. The number of aromatic amines is 1. The molecular weight excluding hydrogens is 633 g/mol. The number of aryl methyl sites for hydroxylation is 1. The summed E-state index contributed by atoms with van der Waals surface area (Å²) in [6.07, 6.45) is 7.32. The molecule has 0 aliphatic rings. The summed E-state index contributed by atoms with van der Waals surface area (Å²) in [5.41, 5.74) is 26.0. The van der Waals surface area contributed by atoms with Gasteiger partial charge in [0.05, 0.1) is 5.69 Å². The van der Waals surface area contributed by atoms with Gasteiger partial charge in [0.2, 0.25) is 0 Å². The third-order valence-corrected chi connectivity index (χ3v) is 9.20. The number of aliphatic imine (C=N–C) groups is 1. The van der Waals surface area contributed by atoms with E-state index in [0.717, 1.165) is 48.1 Å². The first-order valence-corrected chi connectivity index (χ1v) is 18.7. The van der Waals surface area contributed by atoms with Crippen molar-refractivity contribution in [1.82, 2.24) is 19.9 Å². The lowest BCUT2D eigenvalue weighted by Crippen LogP contribution is -2.24. The Morgan fingerprint density at radius 2 is 1.63 bits per heavy atom. The van der Waals surface area contributed by atoms with E-state index in [4.69, 9.17) is 17.2 Å². The van der Waals surface area contributed by atoms with E-state index >= 15 is 0 Å². The van der Waals surface area contributed by atoms with Crippen LogP contribution in [0.25, 0.3) is 16.7 Å². The lowest BCUT2D eigenvalue weighted by molar-refractivity contribution is 0.562. The van der Waals surface area contributed by atoms with Gasteiger partial charge in [0.15, 0.2) is 5.96 Å². The second kappa shape index (κ2) is 18.0. The Hall–Kier alpha value is -3.95. The summed E-state index contributed by atoms with van der Waals surface area (Å²) in [5, 5.41) is 4.36. The topological polar surface area (TPSA) is 153 Å². The molecular formula is C42H66N8O. The molecule has 0 radical (unpaired) electrons. The van der Waals surface area contributed by atoms with Gasteiger partial charge in [0.25, 0.3) is 0 Å². The van der Waals surface area contributed by atoms with Crippen LogP contribution >= 0.6 is 0 Å². The van der Waals surface area contributed by atoms with Crippen LogP contribution in [0.1, 0.15) is 128 Å². The predicted molar refractivity (Wildman–Crippen MR) is 217 cm³/mol. The molecule has 2 aromatic carbocycles. The number of aromatic nitrogens is 3. The summed E-state index contributed by atoms with van der Waals surface area (Å²) in [6, 6.07) is 15.3. The van der Waals surface area contributed by atoms with E-state index in [9.17, 15) is 4.79 Å². The maximum absolute atomic E-state index is 12.6. The van der Waals surface area contributed by atoms with Crippen molar-refractivity contribution in [3.63, 3.8) is 0 Å². The smallest absolute Gasteiger partial charge is 0.354 e. The van der Waals surface area contributed by atoms with Crippen LogP contribution in [-0.2, 0) is 23.7 Å². The minimum absolute atomic E-state index is 0.0390. The molecule has 2 aromatic heterocycles. The average molecular weight is 699 g/mol.